The van der Waals surface area contributed by atoms with Crippen molar-refractivity contribution in [3.63, 3.8) is 0 Å². The number of carboxylic acids is 1. The number of aliphatic carboxylic acids is 1. The van der Waals surface area contributed by atoms with Crippen molar-refractivity contribution in [1.29, 1.82) is 5.26 Å². The van der Waals surface area contributed by atoms with Crippen LogP contribution in [0.1, 0.15) is 25.8 Å². The zero-order chi connectivity index (χ0) is 22.5. The maximum absolute atomic E-state index is 12.4. The number of benzene rings is 2. The van der Waals surface area contributed by atoms with E-state index in [9.17, 15) is 20.0 Å². The van der Waals surface area contributed by atoms with E-state index in [4.69, 9.17) is 0 Å². The molecule has 2 atom stereocenters. The van der Waals surface area contributed by atoms with Crippen molar-refractivity contribution in [3.05, 3.63) is 52.8 Å². The second-order valence-corrected chi connectivity index (χ2v) is 8.80. The van der Waals surface area contributed by atoms with Crippen molar-refractivity contribution in [3.8, 4) is 11.8 Å². The maximum Gasteiger partial charge on any atom is 0.326 e. The van der Waals surface area contributed by atoms with E-state index in [0.29, 0.717) is 21.7 Å². The number of nitrogens with one attached hydrogen (secondary N) is 1. The van der Waals surface area contributed by atoms with E-state index in [0.717, 1.165) is 16.5 Å². The number of carboxylic acid groups (broad SMARTS) is 1. The summed E-state index contributed by atoms with van der Waals surface area (Å²) in [6, 6.07) is 12.5. The van der Waals surface area contributed by atoms with Gasteiger partial charge in [-0.2, -0.15) is 5.26 Å². The number of imidazole rings is 1. The van der Waals surface area contributed by atoms with Crippen LogP contribution in [-0.4, -0.2) is 38.3 Å². The van der Waals surface area contributed by atoms with Gasteiger partial charge in [-0.1, -0.05) is 56.3 Å². The number of amides is 1. The molecule has 2 N–H and O–H groups in total. The van der Waals surface area contributed by atoms with Gasteiger partial charge in [-0.25, -0.2) is 9.78 Å². The highest BCUT2D eigenvalue weighted by Crippen LogP contribution is 2.32. The molecule has 3 rings (SSSR count). The second-order valence-electron chi connectivity index (χ2n) is 7.05. The third kappa shape index (κ3) is 4.92. The Morgan fingerprint density at radius 1 is 1.29 bits per heavy atom. The summed E-state index contributed by atoms with van der Waals surface area (Å²) in [6.07, 6.45) is 2.29. The van der Waals surface area contributed by atoms with Gasteiger partial charge in [0.05, 0.1) is 29.3 Å². The highest BCUT2D eigenvalue weighted by atomic mass is 79.9. The van der Waals surface area contributed by atoms with Gasteiger partial charge in [-0.05, 0) is 34.0 Å². The van der Waals surface area contributed by atoms with Crippen LogP contribution in [0.2, 0.25) is 0 Å². The lowest BCUT2D eigenvalue weighted by atomic mass is 9.99. The van der Waals surface area contributed by atoms with Crippen molar-refractivity contribution >= 4 is 50.3 Å². The van der Waals surface area contributed by atoms with E-state index in [2.05, 4.69) is 32.3 Å². The molecule has 0 aliphatic rings. The number of aromatic nitrogens is 2. The third-order valence-electron chi connectivity index (χ3n) is 5.08. The lowest BCUT2D eigenvalue weighted by molar-refractivity contribution is -0.143. The monoisotopic (exact) mass is 500 g/mol. The van der Waals surface area contributed by atoms with Crippen molar-refractivity contribution < 1.29 is 14.7 Å². The molecule has 2 aromatic carbocycles. The van der Waals surface area contributed by atoms with Crippen LogP contribution in [0.15, 0.2) is 52.4 Å². The number of fused-ring (bicyclic) bond motifs is 1. The minimum Gasteiger partial charge on any atom is -0.480 e. The Balaban J connectivity index is 1.86. The molecule has 0 aliphatic carbocycles. The Morgan fingerprint density at radius 2 is 2.00 bits per heavy atom. The fraction of sp³-hybridized carbons (Fsp3) is 0.273. The zero-order valence-electron chi connectivity index (χ0n) is 17.0. The predicted octanol–water partition coefficient (Wildman–Crippen LogP) is 4.37. The first-order chi connectivity index (χ1) is 14.9. The van der Waals surface area contributed by atoms with Gasteiger partial charge < -0.3 is 10.4 Å². The normalized spacial score (nSPS) is 12.8. The van der Waals surface area contributed by atoms with E-state index in [-0.39, 0.29) is 17.6 Å². The lowest BCUT2D eigenvalue weighted by Gasteiger charge is -2.20. The van der Waals surface area contributed by atoms with Crippen molar-refractivity contribution in [2.45, 2.75) is 31.5 Å². The van der Waals surface area contributed by atoms with Gasteiger partial charge in [0.25, 0.3) is 0 Å². The highest BCUT2D eigenvalue weighted by Gasteiger charge is 2.25. The number of carbonyl (C=O) groups excluding carboxylic acids is 1. The Labute approximate surface area is 192 Å². The van der Waals surface area contributed by atoms with Crippen LogP contribution in [0.25, 0.3) is 16.5 Å². The molecule has 160 valence electrons. The number of halogens is 1. The number of nitriles is 1. The maximum atomic E-state index is 12.4. The summed E-state index contributed by atoms with van der Waals surface area (Å²) in [5.41, 5.74) is 1.40. The Hall–Kier alpha value is -2.83. The first-order valence-corrected chi connectivity index (χ1v) is 11.5. The Morgan fingerprint density at radius 3 is 2.65 bits per heavy atom. The molecule has 31 heavy (non-hydrogen) atoms. The first-order valence-electron chi connectivity index (χ1n) is 9.67. The number of nitrogens with zero attached hydrogens (tertiary/aromatic N) is 3. The molecule has 7 nitrogen and oxygen atoms in total. The number of hydrogen-bond donors (Lipinski definition) is 2. The number of rotatable bonds is 8. The molecule has 0 saturated carbocycles. The van der Waals surface area contributed by atoms with Crippen molar-refractivity contribution in [1.82, 2.24) is 14.9 Å². The minimum absolute atomic E-state index is 0.0257. The van der Waals surface area contributed by atoms with Crippen LogP contribution in [0.3, 0.4) is 0 Å². The summed E-state index contributed by atoms with van der Waals surface area (Å²) in [5.74, 6) is -1.56. The molecular formula is C22H21BrN4O3S. The topological polar surface area (TPSA) is 108 Å². The van der Waals surface area contributed by atoms with E-state index >= 15 is 0 Å². The number of thioether (sulfide) groups is 1. The van der Waals surface area contributed by atoms with Gasteiger partial charge in [0, 0.05) is 10.8 Å². The fourth-order valence-electron chi connectivity index (χ4n) is 3.24. The van der Waals surface area contributed by atoms with Gasteiger partial charge in [0.1, 0.15) is 10.6 Å². The Kier molecular flexibility index (Phi) is 7.36. The summed E-state index contributed by atoms with van der Waals surface area (Å²) in [6.45, 7) is 3.68. The second kappa shape index (κ2) is 9.98. The van der Waals surface area contributed by atoms with E-state index < -0.39 is 12.0 Å². The van der Waals surface area contributed by atoms with Crippen LogP contribution >= 0.6 is 27.7 Å². The zero-order valence-corrected chi connectivity index (χ0v) is 19.4. The van der Waals surface area contributed by atoms with Gasteiger partial charge >= 0.3 is 5.97 Å². The van der Waals surface area contributed by atoms with E-state index in [1.54, 1.807) is 19.2 Å². The fourth-order valence-corrected chi connectivity index (χ4v) is 4.61. The summed E-state index contributed by atoms with van der Waals surface area (Å²) < 4.78 is 2.57. The molecule has 0 fully saturated rings. The number of hydrogen-bond acceptors (Lipinski definition) is 5. The SMILES string of the molecule is CCC(C)C(NC(=O)CSc1ncc(Br)n1-c1ccc(C#N)c2ccccc12)C(=O)O. The molecule has 1 aromatic heterocycles. The van der Waals surface area contributed by atoms with E-state index in [1.165, 1.54) is 11.8 Å². The van der Waals surface area contributed by atoms with Gasteiger partial charge in [-0.3, -0.25) is 9.36 Å². The summed E-state index contributed by atoms with van der Waals surface area (Å²) >= 11 is 4.73. The van der Waals surface area contributed by atoms with Crippen LogP contribution in [0.4, 0.5) is 0 Å². The van der Waals surface area contributed by atoms with Gasteiger partial charge in [0.2, 0.25) is 5.91 Å². The number of carbonyl (C=O) groups is 2. The molecule has 1 heterocycles. The molecule has 9 heteroatoms. The molecule has 0 bridgehead atoms. The molecule has 1 amide bonds. The quantitative estimate of drug-likeness (QED) is 0.444. The molecule has 0 aliphatic heterocycles. The van der Waals surface area contributed by atoms with Gasteiger partial charge in [-0.15, -0.1) is 0 Å². The standard InChI is InChI=1S/C22H21BrN4O3S/c1-3-13(2)20(21(29)30)26-19(28)12-31-22-25-11-18(23)27(22)17-9-8-14(10-24)15-6-4-5-7-16(15)17/h4-9,11,13,20H,3,12H2,1-2H3,(H,26,28)(H,29,30). The summed E-state index contributed by atoms with van der Waals surface area (Å²) in [5, 5.41) is 23.7. The van der Waals surface area contributed by atoms with Crippen LogP contribution in [0, 0.1) is 17.2 Å². The average molecular weight is 501 g/mol. The van der Waals surface area contributed by atoms with Crippen LogP contribution < -0.4 is 5.32 Å². The highest BCUT2D eigenvalue weighted by molar-refractivity contribution is 9.10. The van der Waals surface area contributed by atoms with Crippen LogP contribution in [-0.2, 0) is 9.59 Å². The van der Waals surface area contributed by atoms with E-state index in [1.807, 2.05) is 41.8 Å². The molecular weight excluding hydrogens is 480 g/mol. The summed E-state index contributed by atoms with van der Waals surface area (Å²) in [7, 11) is 0. The average Bonchev–Trinajstić information content (AvgIpc) is 3.14. The lowest BCUT2D eigenvalue weighted by Crippen LogP contribution is -2.45. The largest absolute Gasteiger partial charge is 0.480 e. The molecule has 3 aromatic rings. The van der Waals surface area contributed by atoms with Crippen LogP contribution in [0.5, 0.6) is 0 Å². The third-order valence-corrected chi connectivity index (χ3v) is 6.59. The predicted molar refractivity (Wildman–Crippen MR) is 123 cm³/mol. The summed E-state index contributed by atoms with van der Waals surface area (Å²) in [4.78, 5) is 28.3. The van der Waals surface area contributed by atoms with Crippen molar-refractivity contribution in [2.75, 3.05) is 5.75 Å². The molecule has 0 radical (unpaired) electrons. The molecule has 0 saturated heterocycles. The molecule has 0 spiro atoms. The van der Waals surface area contributed by atoms with Gasteiger partial charge in [0.15, 0.2) is 5.16 Å². The minimum atomic E-state index is -1.04. The Bertz CT molecular complexity index is 1170. The first kappa shape index (κ1) is 22.8. The van der Waals surface area contributed by atoms with Crippen molar-refractivity contribution in [2.24, 2.45) is 5.92 Å². The molecule has 2 unspecified atom stereocenters. The smallest absolute Gasteiger partial charge is 0.326 e.